The summed E-state index contributed by atoms with van der Waals surface area (Å²) in [5.41, 5.74) is 2.27. The van der Waals surface area contributed by atoms with Crippen molar-refractivity contribution in [1.82, 2.24) is 4.90 Å². The molecule has 0 fully saturated rings. The van der Waals surface area contributed by atoms with E-state index in [1.807, 2.05) is 0 Å². The number of fused-ring (bicyclic) bond motifs is 1. The summed E-state index contributed by atoms with van der Waals surface area (Å²) in [7, 11) is 1.46. The van der Waals surface area contributed by atoms with Crippen LogP contribution < -0.4 is 4.74 Å². The van der Waals surface area contributed by atoms with E-state index in [2.05, 4.69) is 11.0 Å². The van der Waals surface area contributed by atoms with Gasteiger partial charge in [0.15, 0.2) is 17.8 Å². The number of methoxy groups -OCH3 is 1. The molecule has 122 valence electrons. The molecule has 1 aliphatic rings. The maximum Gasteiger partial charge on any atom is 0.168 e. The van der Waals surface area contributed by atoms with Gasteiger partial charge in [-0.2, -0.15) is 0 Å². The van der Waals surface area contributed by atoms with Gasteiger partial charge in [-0.1, -0.05) is 0 Å². The van der Waals surface area contributed by atoms with Gasteiger partial charge in [-0.25, -0.2) is 4.39 Å². The highest BCUT2D eigenvalue weighted by atomic mass is 32.1. The lowest BCUT2D eigenvalue weighted by molar-refractivity contribution is 0.112. The number of aromatic hydroxyl groups is 1. The molecule has 23 heavy (non-hydrogen) atoms. The first-order valence-corrected chi connectivity index (χ1v) is 8.24. The second-order valence-corrected chi connectivity index (χ2v) is 6.65. The van der Waals surface area contributed by atoms with E-state index < -0.39 is 0 Å². The molecule has 0 amide bonds. The van der Waals surface area contributed by atoms with Gasteiger partial charge >= 0.3 is 0 Å². The van der Waals surface area contributed by atoms with Gasteiger partial charge in [0.2, 0.25) is 0 Å². The summed E-state index contributed by atoms with van der Waals surface area (Å²) < 4.78 is 17.7. The van der Waals surface area contributed by atoms with Crippen LogP contribution in [0.5, 0.6) is 11.5 Å². The van der Waals surface area contributed by atoms with Crippen LogP contribution in [0.15, 0.2) is 18.2 Å². The van der Waals surface area contributed by atoms with Crippen molar-refractivity contribution >= 4 is 17.6 Å². The number of carbonyl (C=O) groups is 1. The number of hydrogen-bond acceptors (Lipinski definition) is 5. The van der Waals surface area contributed by atoms with Gasteiger partial charge in [-0.05, 0) is 35.7 Å². The quantitative estimate of drug-likeness (QED) is 0.852. The van der Waals surface area contributed by atoms with Gasteiger partial charge in [-0.3, -0.25) is 9.69 Å². The van der Waals surface area contributed by atoms with Crippen molar-refractivity contribution in [1.29, 1.82) is 0 Å². The van der Waals surface area contributed by atoms with Crippen LogP contribution in [0.25, 0.3) is 10.4 Å². The number of phenolic OH excluding ortho intramolecular Hbond substituents is 1. The number of carbonyl (C=O) groups excluding carboxylic acids is 1. The SMILES string of the molecule is COc1cc(-c2cc3c(s2)CCN(CCF)C3)cc(C=O)c1O. The summed E-state index contributed by atoms with van der Waals surface area (Å²) in [6.07, 6.45) is 1.54. The molecule has 0 unspecified atom stereocenters. The minimum atomic E-state index is -0.329. The van der Waals surface area contributed by atoms with Crippen molar-refractivity contribution in [3.05, 3.63) is 34.2 Å². The predicted molar refractivity (Wildman–Crippen MR) is 88.3 cm³/mol. The number of halogens is 1. The van der Waals surface area contributed by atoms with Crippen LogP contribution in [-0.4, -0.2) is 43.2 Å². The number of hydrogen-bond donors (Lipinski definition) is 1. The fraction of sp³-hybridized carbons (Fsp3) is 0.353. The Labute approximate surface area is 138 Å². The second kappa shape index (κ2) is 6.68. The standard InChI is InChI=1S/C17H18FNO3S/c1-22-14-7-11(6-13(10-20)17(14)21)16-8-12-9-19(5-3-18)4-2-15(12)23-16/h6-8,10,21H,2-5,9H2,1H3. The van der Waals surface area contributed by atoms with Crippen LogP contribution in [0.1, 0.15) is 20.8 Å². The minimum absolute atomic E-state index is 0.137. The molecule has 1 aromatic heterocycles. The number of nitrogens with zero attached hydrogens (tertiary/aromatic N) is 1. The first kappa shape index (κ1) is 16.0. The molecule has 1 aromatic carbocycles. The van der Waals surface area contributed by atoms with Gasteiger partial charge in [0.05, 0.1) is 12.7 Å². The highest BCUT2D eigenvalue weighted by molar-refractivity contribution is 7.15. The predicted octanol–water partition coefficient (Wildman–Crippen LogP) is 3.27. The Bertz CT molecular complexity index is 729. The van der Waals surface area contributed by atoms with Crippen molar-refractivity contribution in [2.75, 3.05) is 26.9 Å². The average molecular weight is 335 g/mol. The largest absolute Gasteiger partial charge is 0.504 e. The topological polar surface area (TPSA) is 49.8 Å². The molecule has 0 aliphatic carbocycles. The van der Waals surface area contributed by atoms with E-state index in [1.165, 1.54) is 17.6 Å². The third kappa shape index (κ3) is 3.09. The monoisotopic (exact) mass is 335 g/mol. The lowest BCUT2D eigenvalue weighted by Gasteiger charge is -2.25. The molecule has 3 rings (SSSR count). The van der Waals surface area contributed by atoms with Crippen LogP contribution in [-0.2, 0) is 13.0 Å². The number of benzene rings is 1. The van der Waals surface area contributed by atoms with Crippen molar-refractivity contribution in [3.8, 4) is 21.9 Å². The zero-order valence-electron chi connectivity index (χ0n) is 12.8. The number of rotatable bonds is 5. The lowest BCUT2D eigenvalue weighted by Crippen LogP contribution is -2.31. The van der Waals surface area contributed by atoms with Crippen molar-refractivity contribution < 1.29 is 19.0 Å². The molecule has 0 saturated heterocycles. The molecule has 1 N–H and O–H groups in total. The smallest absolute Gasteiger partial charge is 0.168 e. The summed E-state index contributed by atoms with van der Waals surface area (Å²) in [4.78, 5) is 15.6. The Morgan fingerprint density at radius 3 is 2.96 bits per heavy atom. The van der Waals surface area contributed by atoms with Gasteiger partial charge in [0, 0.05) is 29.4 Å². The van der Waals surface area contributed by atoms with Crippen LogP contribution in [0.3, 0.4) is 0 Å². The minimum Gasteiger partial charge on any atom is -0.504 e. The number of ether oxygens (including phenoxy) is 1. The Morgan fingerprint density at radius 2 is 2.26 bits per heavy atom. The Kier molecular flexibility index (Phi) is 4.63. The molecule has 0 spiro atoms. The Morgan fingerprint density at radius 1 is 1.43 bits per heavy atom. The summed E-state index contributed by atoms with van der Waals surface area (Å²) in [5, 5.41) is 9.92. The molecule has 0 atom stereocenters. The summed E-state index contributed by atoms with van der Waals surface area (Å²) in [6, 6.07) is 5.49. The van der Waals surface area contributed by atoms with E-state index in [0.717, 1.165) is 30.0 Å². The van der Waals surface area contributed by atoms with E-state index >= 15 is 0 Å². The molecule has 0 bridgehead atoms. The first-order valence-electron chi connectivity index (χ1n) is 7.42. The Hall–Kier alpha value is -1.92. The van der Waals surface area contributed by atoms with Crippen LogP contribution in [0.2, 0.25) is 0 Å². The van der Waals surface area contributed by atoms with E-state index in [0.29, 0.717) is 12.8 Å². The molecule has 0 radical (unpaired) electrons. The molecule has 2 heterocycles. The second-order valence-electron chi connectivity index (χ2n) is 5.51. The molecule has 2 aromatic rings. The molecule has 6 heteroatoms. The summed E-state index contributed by atoms with van der Waals surface area (Å²) in [5.74, 6) is 0.150. The fourth-order valence-electron chi connectivity index (χ4n) is 2.86. The fourth-order valence-corrected chi connectivity index (χ4v) is 4.01. The highest BCUT2D eigenvalue weighted by Gasteiger charge is 2.20. The number of aldehydes is 1. The lowest BCUT2D eigenvalue weighted by atomic mass is 10.1. The zero-order chi connectivity index (χ0) is 16.4. The summed E-state index contributed by atoms with van der Waals surface area (Å²) >= 11 is 1.68. The third-order valence-electron chi connectivity index (χ3n) is 4.08. The van der Waals surface area contributed by atoms with Crippen LogP contribution in [0.4, 0.5) is 4.39 Å². The van der Waals surface area contributed by atoms with E-state index in [-0.39, 0.29) is 23.7 Å². The van der Waals surface area contributed by atoms with Crippen LogP contribution >= 0.6 is 11.3 Å². The first-order chi connectivity index (χ1) is 11.2. The van der Waals surface area contributed by atoms with Crippen molar-refractivity contribution in [2.24, 2.45) is 0 Å². The molecule has 1 aliphatic heterocycles. The van der Waals surface area contributed by atoms with Crippen molar-refractivity contribution in [3.63, 3.8) is 0 Å². The zero-order valence-corrected chi connectivity index (χ0v) is 13.7. The molecule has 0 saturated carbocycles. The maximum atomic E-state index is 12.5. The van der Waals surface area contributed by atoms with Gasteiger partial charge in [0.25, 0.3) is 0 Å². The van der Waals surface area contributed by atoms with Gasteiger partial charge in [0.1, 0.15) is 6.67 Å². The summed E-state index contributed by atoms with van der Waals surface area (Å²) in [6.45, 7) is 1.76. The molecule has 4 nitrogen and oxygen atoms in total. The van der Waals surface area contributed by atoms with Crippen LogP contribution in [0, 0.1) is 0 Å². The van der Waals surface area contributed by atoms with Gasteiger partial charge in [-0.15, -0.1) is 11.3 Å². The van der Waals surface area contributed by atoms with E-state index in [9.17, 15) is 14.3 Å². The molecular weight excluding hydrogens is 317 g/mol. The Balaban J connectivity index is 1.96. The number of alkyl halides is 1. The number of thiophene rings is 1. The van der Waals surface area contributed by atoms with Crippen molar-refractivity contribution in [2.45, 2.75) is 13.0 Å². The maximum absolute atomic E-state index is 12.5. The molecular formula is C17H18FNO3S. The highest BCUT2D eigenvalue weighted by Crippen LogP contribution is 2.39. The normalized spacial score (nSPS) is 14.5. The van der Waals surface area contributed by atoms with E-state index in [1.54, 1.807) is 23.5 Å². The average Bonchev–Trinajstić information content (AvgIpc) is 2.98. The third-order valence-corrected chi connectivity index (χ3v) is 5.37. The van der Waals surface area contributed by atoms with Gasteiger partial charge < -0.3 is 9.84 Å². The van der Waals surface area contributed by atoms with E-state index in [4.69, 9.17) is 4.74 Å². The number of phenols is 1.